The zero-order valence-electron chi connectivity index (χ0n) is 10.3. The average Bonchev–Trinajstić information content (AvgIpc) is 2.38. The number of carbonyl (C=O) groups excluding carboxylic acids is 1. The largest absolute Gasteiger partial charge is 0.365 e. The number of nitro groups is 1. The molecule has 0 spiro atoms. The summed E-state index contributed by atoms with van der Waals surface area (Å²) in [7, 11) is 0. The van der Waals surface area contributed by atoms with Crippen molar-refractivity contribution in [3.63, 3.8) is 0 Å². The molecular formula is C11H15N5O3. The maximum Gasteiger partial charge on any atom is 0.288 e. The Morgan fingerprint density at radius 3 is 2.63 bits per heavy atom. The molecule has 2 heterocycles. The van der Waals surface area contributed by atoms with Crippen LogP contribution in [0.3, 0.4) is 0 Å². The summed E-state index contributed by atoms with van der Waals surface area (Å²) in [4.78, 5) is 27.4. The molecule has 1 aliphatic heterocycles. The first-order valence-corrected chi connectivity index (χ1v) is 5.94. The first kappa shape index (κ1) is 13.2. The summed E-state index contributed by atoms with van der Waals surface area (Å²) in [5.74, 6) is -0.328. The zero-order valence-corrected chi connectivity index (χ0v) is 10.3. The van der Waals surface area contributed by atoms with Crippen molar-refractivity contribution in [2.24, 2.45) is 11.5 Å². The van der Waals surface area contributed by atoms with Gasteiger partial charge in [-0.25, -0.2) is 4.98 Å². The van der Waals surface area contributed by atoms with Crippen LogP contribution in [0.1, 0.15) is 23.2 Å². The Labute approximate surface area is 109 Å². The van der Waals surface area contributed by atoms with E-state index in [2.05, 4.69) is 4.98 Å². The van der Waals surface area contributed by atoms with Crippen LogP contribution in [0.15, 0.2) is 12.3 Å². The van der Waals surface area contributed by atoms with Crippen molar-refractivity contribution in [3.05, 3.63) is 27.9 Å². The van der Waals surface area contributed by atoms with Gasteiger partial charge in [0.1, 0.15) is 12.0 Å². The molecule has 8 nitrogen and oxygen atoms in total. The average molecular weight is 265 g/mol. The lowest BCUT2D eigenvalue weighted by Crippen LogP contribution is -2.41. The normalized spacial score (nSPS) is 16.4. The van der Waals surface area contributed by atoms with Gasteiger partial charge in [-0.2, -0.15) is 0 Å². The van der Waals surface area contributed by atoms with Crippen LogP contribution < -0.4 is 16.4 Å². The van der Waals surface area contributed by atoms with E-state index in [0.717, 1.165) is 19.0 Å². The zero-order chi connectivity index (χ0) is 14.0. The number of anilines is 1. The molecule has 1 aliphatic rings. The number of piperidine rings is 1. The number of rotatable bonds is 3. The summed E-state index contributed by atoms with van der Waals surface area (Å²) in [5.41, 5.74) is 10.9. The Bertz CT molecular complexity index is 511. The maximum absolute atomic E-state index is 11.4. The third-order valence-corrected chi connectivity index (χ3v) is 3.17. The second-order valence-electron chi connectivity index (χ2n) is 4.51. The van der Waals surface area contributed by atoms with Crippen molar-refractivity contribution in [2.45, 2.75) is 18.9 Å². The van der Waals surface area contributed by atoms with Gasteiger partial charge in [-0.05, 0) is 12.8 Å². The molecule has 4 N–H and O–H groups in total. The van der Waals surface area contributed by atoms with Gasteiger partial charge >= 0.3 is 0 Å². The quantitative estimate of drug-likeness (QED) is 0.585. The fourth-order valence-electron chi connectivity index (χ4n) is 2.09. The van der Waals surface area contributed by atoms with Gasteiger partial charge in [-0.15, -0.1) is 0 Å². The molecule has 1 amide bonds. The number of nitrogens with zero attached hydrogens (tertiary/aromatic N) is 3. The van der Waals surface area contributed by atoms with E-state index in [4.69, 9.17) is 11.5 Å². The van der Waals surface area contributed by atoms with Gasteiger partial charge in [0, 0.05) is 25.2 Å². The highest BCUT2D eigenvalue weighted by atomic mass is 16.6. The predicted octanol–water partition coefficient (Wildman–Crippen LogP) is 0.0162. The molecule has 0 bridgehead atoms. The minimum atomic E-state index is -0.721. The standard InChI is InChI=1S/C11H15N5O3/c12-7-1-3-15(4-2-7)11-9(10(13)17)5-8(6-14-11)16(18)19/h5-7H,1-4,12H2,(H2,13,17). The Hall–Kier alpha value is -2.22. The molecule has 0 radical (unpaired) electrons. The topological polar surface area (TPSA) is 128 Å². The van der Waals surface area contributed by atoms with E-state index in [1.165, 1.54) is 6.07 Å². The third-order valence-electron chi connectivity index (χ3n) is 3.17. The lowest BCUT2D eigenvalue weighted by atomic mass is 10.1. The highest BCUT2D eigenvalue weighted by Crippen LogP contribution is 2.24. The molecule has 0 aromatic carbocycles. The van der Waals surface area contributed by atoms with Crippen LogP contribution >= 0.6 is 0 Å². The van der Waals surface area contributed by atoms with Crippen molar-refractivity contribution in [2.75, 3.05) is 18.0 Å². The highest BCUT2D eigenvalue weighted by molar-refractivity contribution is 5.98. The number of carbonyl (C=O) groups is 1. The molecule has 0 saturated carbocycles. The van der Waals surface area contributed by atoms with Crippen molar-refractivity contribution in [1.82, 2.24) is 4.98 Å². The lowest BCUT2D eigenvalue weighted by Gasteiger charge is -2.31. The van der Waals surface area contributed by atoms with Gasteiger partial charge < -0.3 is 16.4 Å². The maximum atomic E-state index is 11.4. The predicted molar refractivity (Wildman–Crippen MR) is 68.8 cm³/mol. The van der Waals surface area contributed by atoms with Crippen molar-refractivity contribution >= 4 is 17.4 Å². The van der Waals surface area contributed by atoms with Crippen molar-refractivity contribution in [3.8, 4) is 0 Å². The van der Waals surface area contributed by atoms with Gasteiger partial charge in [0.25, 0.3) is 11.6 Å². The smallest absolute Gasteiger partial charge is 0.288 e. The molecule has 102 valence electrons. The first-order valence-electron chi connectivity index (χ1n) is 5.94. The molecular weight excluding hydrogens is 250 g/mol. The Morgan fingerprint density at radius 1 is 1.47 bits per heavy atom. The van der Waals surface area contributed by atoms with Crippen LogP contribution in [0.25, 0.3) is 0 Å². The van der Waals surface area contributed by atoms with Crippen LogP contribution in [-0.2, 0) is 0 Å². The van der Waals surface area contributed by atoms with Crippen molar-refractivity contribution < 1.29 is 9.72 Å². The van der Waals surface area contributed by atoms with Crippen LogP contribution in [0, 0.1) is 10.1 Å². The number of aromatic nitrogens is 1. The van der Waals surface area contributed by atoms with Gasteiger partial charge in [0.15, 0.2) is 0 Å². The molecule has 1 aromatic rings. The number of nitrogens with two attached hydrogens (primary N) is 2. The third kappa shape index (κ3) is 2.79. The van der Waals surface area contributed by atoms with E-state index < -0.39 is 10.8 Å². The summed E-state index contributed by atoms with van der Waals surface area (Å²) in [6.45, 7) is 1.32. The molecule has 0 aliphatic carbocycles. The van der Waals surface area contributed by atoms with Crippen LogP contribution in [0.2, 0.25) is 0 Å². The Kier molecular flexibility index (Phi) is 3.61. The van der Waals surface area contributed by atoms with Gasteiger partial charge in [0.2, 0.25) is 0 Å². The molecule has 0 unspecified atom stereocenters. The van der Waals surface area contributed by atoms with Crippen LogP contribution in [-0.4, -0.2) is 34.9 Å². The van der Waals surface area contributed by atoms with E-state index in [9.17, 15) is 14.9 Å². The van der Waals surface area contributed by atoms with E-state index in [0.29, 0.717) is 18.9 Å². The summed E-state index contributed by atoms with van der Waals surface area (Å²) >= 11 is 0. The Balaban J connectivity index is 2.34. The van der Waals surface area contributed by atoms with Crippen LogP contribution in [0.5, 0.6) is 0 Å². The number of amides is 1. The van der Waals surface area contributed by atoms with Gasteiger partial charge in [0.05, 0.1) is 10.5 Å². The monoisotopic (exact) mass is 265 g/mol. The summed E-state index contributed by atoms with van der Waals surface area (Å²) in [6, 6.07) is 1.31. The van der Waals surface area contributed by atoms with E-state index in [-0.39, 0.29) is 17.3 Å². The highest BCUT2D eigenvalue weighted by Gasteiger charge is 2.23. The molecule has 19 heavy (non-hydrogen) atoms. The molecule has 1 fully saturated rings. The second kappa shape index (κ2) is 5.19. The number of primary amides is 1. The van der Waals surface area contributed by atoms with Crippen molar-refractivity contribution in [1.29, 1.82) is 0 Å². The number of hydrogen-bond donors (Lipinski definition) is 2. The SMILES string of the molecule is NC(=O)c1cc([N+](=O)[O-])cnc1N1CCC(N)CC1. The van der Waals surface area contributed by atoms with Crippen LogP contribution in [0.4, 0.5) is 11.5 Å². The lowest BCUT2D eigenvalue weighted by molar-refractivity contribution is -0.385. The van der Waals surface area contributed by atoms with E-state index in [1.54, 1.807) is 0 Å². The summed E-state index contributed by atoms with van der Waals surface area (Å²) < 4.78 is 0. The minimum Gasteiger partial charge on any atom is -0.365 e. The number of pyridine rings is 1. The van der Waals surface area contributed by atoms with Gasteiger partial charge in [-0.3, -0.25) is 14.9 Å². The number of hydrogen-bond acceptors (Lipinski definition) is 6. The molecule has 1 aromatic heterocycles. The molecule has 1 saturated heterocycles. The summed E-state index contributed by atoms with van der Waals surface area (Å²) in [6.07, 6.45) is 2.71. The van der Waals surface area contributed by atoms with E-state index >= 15 is 0 Å². The first-order chi connectivity index (χ1) is 8.99. The second-order valence-corrected chi connectivity index (χ2v) is 4.51. The Morgan fingerprint density at radius 2 is 2.11 bits per heavy atom. The fraction of sp³-hybridized carbons (Fsp3) is 0.455. The molecule has 8 heteroatoms. The summed E-state index contributed by atoms with van der Waals surface area (Å²) in [5, 5.41) is 10.7. The van der Waals surface area contributed by atoms with Gasteiger partial charge in [-0.1, -0.05) is 0 Å². The molecule has 0 atom stereocenters. The minimum absolute atomic E-state index is 0.0738. The molecule has 2 rings (SSSR count). The fourth-order valence-corrected chi connectivity index (χ4v) is 2.09. The van der Waals surface area contributed by atoms with E-state index in [1.807, 2.05) is 4.90 Å².